The predicted octanol–water partition coefficient (Wildman–Crippen LogP) is 3.36. The Morgan fingerprint density at radius 1 is 1.10 bits per heavy atom. The van der Waals surface area contributed by atoms with E-state index in [0.717, 1.165) is 25.3 Å². The molecule has 114 valence electrons. The van der Waals surface area contributed by atoms with E-state index in [-0.39, 0.29) is 5.54 Å². The first-order valence-corrected chi connectivity index (χ1v) is 8.63. The van der Waals surface area contributed by atoms with Crippen molar-refractivity contribution in [2.75, 3.05) is 13.1 Å². The highest BCUT2D eigenvalue weighted by atomic mass is 15.0. The van der Waals surface area contributed by atoms with Crippen LogP contribution < -0.4 is 10.6 Å². The van der Waals surface area contributed by atoms with Crippen molar-refractivity contribution in [3.63, 3.8) is 0 Å². The zero-order valence-electron chi connectivity index (χ0n) is 13.1. The molecule has 0 heterocycles. The first kappa shape index (κ1) is 15.8. The Balaban J connectivity index is 1.71. The lowest BCUT2D eigenvalue weighted by molar-refractivity contribution is 0.200. The molecule has 2 N–H and O–H groups in total. The van der Waals surface area contributed by atoms with E-state index in [0.29, 0.717) is 12.5 Å². The average molecular weight is 277 g/mol. The Morgan fingerprint density at radius 2 is 1.80 bits per heavy atom. The van der Waals surface area contributed by atoms with E-state index in [1.807, 2.05) is 0 Å². The molecule has 3 nitrogen and oxygen atoms in total. The van der Waals surface area contributed by atoms with Gasteiger partial charge in [0.25, 0.3) is 0 Å². The molecule has 0 atom stereocenters. The fourth-order valence-corrected chi connectivity index (χ4v) is 4.04. The fourth-order valence-electron chi connectivity index (χ4n) is 4.04. The van der Waals surface area contributed by atoms with Crippen LogP contribution in [0.3, 0.4) is 0 Å². The maximum absolute atomic E-state index is 9.04. The number of nitriles is 1. The molecule has 0 bridgehead atoms. The van der Waals surface area contributed by atoms with Gasteiger partial charge in [-0.1, -0.05) is 26.2 Å². The van der Waals surface area contributed by atoms with E-state index >= 15 is 0 Å². The summed E-state index contributed by atoms with van der Waals surface area (Å²) in [4.78, 5) is 0. The van der Waals surface area contributed by atoms with Crippen LogP contribution in [0.1, 0.15) is 71.1 Å². The third-order valence-electron chi connectivity index (χ3n) is 5.33. The van der Waals surface area contributed by atoms with Gasteiger partial charge in [0.15, 0.2) is 0 Å². The van der Waals surface area contributed by atoms with Gasteiger partial charge in [-0.15, -0.1) is 0 Å². The monoisotopic (exact) mass is 277 g/mol. The third kappa shape index (κ3) is 4.46. The Hall–Kier alpha value is -0.590. The number of rotatable bonds is 6. The molecule has 0 saturated heterocycles. The van der Waals surface area contributed by atoms with Gasteiger partial charge in [-0.2, -0.15) is 5.26 Å². The highest BCUT2D eigenvalue weighted by molar-refractivity contribution is 5.00. The van der Waals surface area contributed by atoms with Gasteiger partial charge in [0.05, 0.1) is 12.5 Å². The predicted molar refractivity (Wildman–Crippen MR) is 83.5 cm³/mol. The molecular weight excluding hydrogens is 246 g/mol. The maximum Gasteiger partial charge on any atom is 0.0641 e. The van der Waals surface area contributed by atoms with E-state index in [1.54, 1.807) is 0 Å². The van der Waals surface area contributed by atoms with Crippen LogP contribution in [0.4, 0.5) is 0 Å². The van der Waals surface area contributed by atoms with Crippen LogP contribution in [0.5, 0.6) is 0 Å². The lowest BCUT2D eigenvalue weighted by Crippen LogP contribution is -2.50. The number of nitrogens with zero attached hydrogens (tertiary/aromatic N) is 1. The summed E-state index contributed by atoms with van der Waals surface area (Å²) in [7, 11) is 0. The summed E-state index contributed by atoms with van der Waals surface area (Å²) in [5.41, 5.74) is 0.104. The second-order valence-electron chi connectivity index (χ2n) is 6.83. The van der Waals surface area contributed by atoms with Crippen molar-refractivity contribution in [2.24, 2.45) is 5.92 Å². The zero-order valence-corrected chi connectivity index (χ0v) is 13.1. The van der Waals surface area contributed by atoms with E-state index in [9.17, 15) is 0 Å². The summed E-state index contributed by atoms with van der Waals surface area (Å²) in [5, 5.41) is 16.4. The van der Waals surface area contributed by atoms with Crippen LogP contribution in [0.25, 0.3) is 0 Å². The molecule has 0 radical (unpaired) electrons. The van der Waals surface area contributed by atoms with Gasteiger partial charge in [-0.3, -0.25) is 0 Å². The summed E-state index contributed by atoms with van der Waals surface area (Å²) in [5.74, 6) is 0.920. The lowest BCUT2D eigenvalue weighted by Gasteiger charge is -2.40. The summed E-state index contributed by atoms with van der Waals surface area (Å²) in [6.07, 6.45) is 12.6. The highest BCUT2D eigenvalue weighted by Gasteiger charge is 2.34. The molecule has 0 aromatic rings. The van der Waals surface area contributed by atoms with Crippen molar-refractivity contribution in [3.8, 4) is 6.07 Å². The van der Waals surface area contributed by atoms with E-state index < -0.39 is 0 Å². The normalized spacial score (nSPS) is 31.9. The van der Waals surface area contributed by atoms with Crippen molar-refractivity contribution < 1.29 is 0 Å². The number of hydrogen-bond acceptors (Lipinski definition) is 3. The Bertz CT molecular complexity index is 307. The lowest BCUT2D eigenvalue weighted by atomic mass is 9.77. The molecule has 0 unspecified atom stereocenters. The van der Waals surface area contributed by atoms with E-state index in [2.05, 4.69) is 23.6 Å². The van der Waals surface area contributed by atoms with Crippen LogP contribution in [-0.4, -0.2) is 24.7 Å². The van der Waals surface area contributed by atoms with Crippen molar-refractivity contribution in [2.45, 2.75) is 82.7 Å². The second-order valence-corrected chi connectivity index (χ2v) is 6.83. The average Bonchev–Trinajstić information content (AvgIpc) is 2.48. The van der Waals surface area contributed by atoms with Gasteiger partial charge < -0.3 is 10.6 Å². The first-order valence-electron chi connectivity index (χ1n) is 8.63. The largest absolute Gasteiger partial charge is 0.314 e. The molecule has 20 heavy (non-hydrogen) atoms. The maximum atomic E-state index is 9.04. The first-order chi connectivity index (χ1) is 9.78. The topological polar surface area (TPSA) is 47.9 Å². The van der Waals surface area contributed by atoms with Gasteiger partial charge in [-0.25, -0.2) is 0 Å². The van der Waals surface area contributed by atoms with Gasteiger partial charge in [0, 0.05) is 11.6 Å². The van der Waals surface area contributed by atoms with E-state index in [1.165, 1.54) is 51.5 Å². The van der Waals surface area contributed by atoms with Gasteiger partial charge in [-0.05, 0) is 57.5 Å². The minimum Gasteiger partial charge on any atom is -0.314 e. The summed E-state index contributed by atoms with van der Waals surface area (Å²) < 4.78 is 0. The van der Waals surface area contributed by atoms with Crippen molar-refractivity contribution in [1.82, 2.24) is 10.6 Å². The van der Waals surface area contributed by atoms with Crippen LogP contribution in [0, 0.1) is 17.2 Å². The molecule has 2 saturated carbocycles. The molecule has 3 heteroatoms. The molecule has 2 rings (SSSR count). The van der Waals surface area contributed by atoms with Crippen LogP contribution >= 0.6 is 0 Å². The number of hydrogen-bond donors (Lipinski definition) is 2. The second kappa shape index (κ2) is 8.00. The molecule has 0 spiro atoms. The van der Waals surface area contributed by atoms with Gasteiger partial charge >= 0.3 is 0 Å². The molecule has 0 aromatic carbocycles. The van der Waals surface area contributed by atoms with Crippen LogP contribution in [0.2, 0.25) is 0 Å². The standard InChI is InChI=1S/C17H31N3/c1-2-20-17(12-13-18)10-8-16(9-11-17)19-14-15-6-4-3-5-7-15/h15-16,19-20H,2-12,14H2,1H3. The molecule has 0 aromatic heterocycles. The quantitative estimate of drug-likeness (QED) is 0.782. The Morgan fingerprint density at radius 3 is 2.40 bits per heavy atom. The van der Waals surface area contributed by atoms with Crippen LogP contribution in [-0.2, 0) is 0 Å². The van der Waals surface area contributed by atoms with Gasteiger partial charge in [0.1, 0.15) is 0 Å². The van der Waals surface area contributed by atoms with Crippen molar-refractivity contribution in [3.05, 3.63) is 0 Å². The summed E-state index contributed by atoms with van der Waals surface area (Å²) >= 11 is 0. The molecule has 2 aliphatic rings. The van der Waals surface area contributed by atoms with Gasteiger partial charge in [0.2, 0.25) is 0 Å². The Labute approximate surface area is 124 Å². The molecule has 2 fully saturated rings. The fraction of sp³-hybridized carbons (Fsp3) is 0.941. The zero-order chi connectivity index (χ0) is 14.3. The number of nitrogens with one attached hydrogen (secondary N) is 2. The summed E-state index contributed by atoms with van der Waals surface area (Å²) in [6.45, 7) is 4.34. The smallest absolute Gasteiger partial charge is 0.0641 e. The molecule has 0 amide bonds. The molecule has 0 aliphatic heterocycles. The Kier molecular flexibility index (Phi) is 6.32. The summed E-state index contributed by atoms with van der Waals surface area (Å²) in [6, 6.07) is 3.06. The molecular formula is C17H31N3. The van der Waals surface area contributed by atoms with E-state index in [4.69, 9.17) is 5.26 Å². The third-order valence-corrected chi connectivity index (χ3v) is 5.33. The SMILES string of the molecule is CCNC1(CC#N)CCC(NCC2CCCCC2)CC1. The molecule has 2 aliphatic carbocycles. The van der Waals surface area contributed by atoms with Crippen molar-refractivity contribution in [1.29, 1.82) is 5.26 Å². The minimum absolute atomic E-state index is 0.104. The van der Waals surface area contributed by atoms with Crippen LogP contribution in [0.15, 0.2) is 0 Å². The minimum atomic E-state index is 0.104. The highest BCUT2D eigenvalue weighted by Crippen LogP contribution is 2.31. The van der Waals surface area contributed by atoms with Crippen molar-refractivity contribution >= 4 is 0 Å².